The van der Waals surface area contributed by atoms with Crippen LogP contribution in [-0.4, -0.2) is 23.7 Å². The third-order valence-corrected chi connectivity index (χ3v) is 4.21. The van der Waals surface area contributed by atoms with Crippen LogP contribution in [0.2, 0.25) is 0 Å². The van der Waals surface area contributed by atoms with E-state index in [-0.39, 0.29) is 11.9 Å². The third kappa shape index (κ3) is 5.06. The van der Waals surface area contributed by atoms with E-state index in [2.05, 4.69) is 17.4 Å². The van der Waals surface area contributed by atoms with Crippen molar-refractivity contribution in [3.63, 3.8) is 0 Å². The molecule has 3 N–H and O–H groups in total. The summed E-state index contributed by atoms with van der Waals surface area (Å²) in [7, 11) is 0. The van der Waals surface area contributed by atoms with Crippen LogP contribution < -0.4 is 15.8 Å². The number of nitrogens with two attached hydrogens (primary N) is 1. The summed E-state index contributed by atoms with van der Waals surface area (Å²) in [6.07, 6.45) is 2.98. The molecule has 1 aromatic heterocycles. The Morgan fingerprint density at radius 1 is 1.36 bits per heavy atom. The molecule has 0 saturated carbocycles. The molecule has 0 fully saturated rings. The van der Waals surface area contributed by atoms with Crippen LogP contribution in [0.5, 0.6) is 5.75 Å². The number of aryl methyl sites for hydroxylation is 2. The molecular weight excluding hydrogens is 318 g/mol. The highest BCUT2D eigenvalue weighted by molar-refractivity contribution is 5.97. The van der Waals surface area contributed by atoms with Crippen LogP contribution in [0.3, 0.4) is 0 Å². The van der Waals surface area contributed by atoms with E-state index < -0.39 is 0 Å². The Kier molecular flexibility index (Phi) is 7.01. The Morgan fingerprint density at radius 2 is 2.12 bits per heavy atom. The lowest BCUT2D eigenvalue weighted by atomic mass is 10.1. The van der Waals surface area contributed by atoms with Crippen molar-refractivity contribution in [1.29, 1.82) is 0 Å². The first-order chi connectivity index (χ1) is 12.1. The smallest absolute Gasteiger partial charge is 0.255 e. The van der Waals surface area contributed by atoms with E-state index in [9.17, 15) is 4.79 Å². The van der Waals surface area contributed by atoms with Crippen LogP contribution in [0.15, 0.2) is 28.8 Å². The number of unbranched alkanes of at least 4 members (excludes halogenated alkanes) is 1. The highest BCUT2D eigenvalue weighted by atomic mass is 16.5. The topological polar surface area (TPSA) is 90.4 Å². The molecule has 136 valence electrons. The Hall–Kier alpha value is -2.34. The molecule has 0 aliphatic carbocycles. The first kappa shape index (κ1) is 19.0. The number of rotatable bonds is 9. The van der Waals surface area contributed by atoms with E-state index in [4.69, 9.17) is 15.0 Å². The molecule has 25 heavy (non-hydrogen) atoms. The van der Waals surface area contributed by atoms with Gasteiger partial charge in [0.2, 0.25) is 0 Å². The number of ether oxygens (including phenoxy) is 1. The fraction of sp³-hybridized carbons (Fsp3) is 0.474. The summed E-state index contributed by atoms with van der Waals surface area (Å²) >= 11 is 0. The van der Waals surface area contributed by atoms with Gasteiger partial charge >= 0.3 is 0 Å². The van der Waals surface area contributed by atoms with Gasteiger partial charge in [-0.05, 0) is 32.4 Å². The predicted molar refractivity (Wildman–Crippen MR) is 96.6 cm³/mol. The minimum absolute atomic E-state index is 0.0249. The zero-order valence-electron chi connectivity index (χ0n) is 15.2. The van der Waals surface area contributed by atoms with Gasteiger partial charge in [0.05, 0.1) is 16.8 Å². The minimum atomic E-state index is -0.166. The maximum absolute atomic E-state index is 12.6. The second-order valence-electron chi connectivity index (χ2n) is 6.14. The molecule has 1 unspecified atom stereocenters. The number of hydrogen-bond acceptors (Lipinski definition) is 5. The first-order valence-corrected chi connectivity index (χ1v) is 8.71. The van der Waals surface area contributed by atoms with Crippen LogP contribution in [0.4, 0.5) is 0 Å². The summed E-state index contributed by atoms with van der Waals surface area (Å²) in [6, 6.07) is 7.18. The number of nitrogens with zero attached hydrogens (tertiary/aromatic N) is 1. The zero-order chi connectivity index (χ0) is 18.2. The molecule has 0 aliphatic heterocycles. The predicted octanol–water partition coefficient (Wildman–Crippen LogP) is 3.12. The summed E-state index contributed by atoms with van der Waals surface area (Å²) in [6.45, 7) is 6.56. The number of amides is 1. The lowest BCUT2D eigenvalue weighted by Gasteiger charge is -2.18. The molecule has 6 heteroatoms. The van der Waals surface area contributed by atoms with Gasteiger partial charge in [-0.15, -0.1) is 0 Å². The van der Waals surface area contributed by atoms with Crippen LogP contribution in [0.25, 0.3) is 0 Å². The van der Waals surface area contributed by atoms with Gasteiger partial charge in [-0.25, -0.2) is 0 Å². The minimum Gasteiger partial charge on any atom is -0.488 e. The molecule has 1 amide bonds. The van der Waals surface area contributed by atoms with Crippen LogP contribution in [-0.2, 0) is 6.61 Å². The molecule has 6 nitrogen and oxygen atoms in total. The second-order valence-corrected chi connectivity index (χ2v) is 6.14. The Bertz CT molecular complexity index is 677. The Balaban J connectivity index is 2.07. The molecule has 2 aromatic rings. The molecule has 1 aromatic carbocycles. The number of hydrogen-bond donors (Lipinski definition) is 2. The quantitative estimate of drug-likeness (QED) is 0.729. The molecule has 2 rings (SSSR count). The van der Waals surface area contributed by atoms with Gasteiger partial charge in [0.15, 0.2) is 0 Å². The second kappa shape index (κ2) is 9.22. The molecule has 0 saturated heterocycles. The molecule has 1 heterocycles. The van der Waals surface area contributed by atoms with Gasteiger partial charge < -0.3 is 20.3 Å². The van der Waals surface area contributed by atoms with Gasteiger partial charge in [0, 0.05) is 12.6 Å². The summed E-state index contributed by atoms with van der Waals surface area (Å²) < 4.78 is 11.0. The standard InChI is InChI=1S/C19H27N3O3/c1-4-5-8-15(11-20)21-19(23)16-9-6-7-10-18(16)24-12-17-13(2)22-25-14(17)3/h6-7,9-10,15H,4-5,8,11-12,20H2,1-3H3,(H,21,23). The zero-order valence-corrected chi connectivity index (χ0v) is 15.2. The monoisotopic (exact) mass is 345 g/mol. The number of benzene rings is 1. The Morgan fingerprint density at radius 3 is 2.76 bits per heavy atom. The molecule has 0 aliphatic rings. The van der Waals surface area contributed by atoms with Crippen molar-refractivity contribution >= 4 is 5.91 Å². The normalized spacial score (nSPS) is 12.0. The first-order valence-electron chi connectivity index (χ1n) is 8.71. The summed E-state index contributed by atoms with van der Waals surface area (Å²) in [5.74, 6) is 1.09. The number of carbonyl (C=O) groups excluding carboxylic acids is 1. The van der Waals surface area contributed by atoms with Crippen molar-refractivity contribution in [2.24, 2.45) is 5.73 Å². The number of aromatic nitrogens is 1. The van der Waals surface area contributed by atoms with Crippen LogP contribution in [0.1, 0.15) is 53.6 Å². The van der Waals surface area contributed by atoms with Crippen molar-refractivity contribution in [3.8, 4) is 5.75 Å². The van der Waals surface area contributed by atoms with Crippen molar-refractivity contribution in [2.75, 3.05) is 6.54 Å². The lowest BCUT2D eigenvalue weighted by molar-refractivity contribution is 0.0931. The van der Waals surface area contributed by atoms with E-state index in [1.165, 1.54) is 0 Å². The maximum Gasteiger partial charge on any atom is 0.255 e. The summed E-state index contributed by atoms with van der Waals surface area (Å²) in [5, 5.41) is 6.92. The highest BCUT2D eigenvalue weighted by Crippen LogP contribution is 2.21. The molecule has 0 radical (unpaired) electrons. The average molecular weight is 345 g/mol. The Labute approximate surface area is 148 Å². The van der Waals surface area contributed by atoms with Crippen LogP contribution >= 0.6 is 0 Å². The van der Waals surface area contributed by atoms with E-state index in [0.717, 1.165) is 36.3 Å². The molecular formula is C19H27N3O3. The third-order valence-electron chi connectivity index (χ3n) is 4.21. The average Bonchev–Trinajstić information content (AvgIpc) is 2.94. The van der Waals surface area contributed by atoms with Gasteiger partial charge in [-0.1, -0.05) is 37.1 Å². The van der Waals surface area contributed by atoms with Gasteiger partial charge in [-0.2, -0.15) is 0 Å². The van der Waals surface area contributed by atoms with Crippen molar-refractivity contribution in [1.82, 2.24) is 10.5 Å². The van der Waals surface area contributed by atoms with E-state index in [1.54, 1.807) is 12.1 Å². The fourth-order valence-corrected chi connectivity index (χ4v) is 2.60. The molecule has 0 spiro atoms. The number of nitrogens with one attached hydrogen (secondary N) is 1. The fourth-order valence-electron chi connectivity index (χ4n) is 2.60. The van der Waals surface area contributed by atoms with Gasteiger partial charge in [0.1, 0.15) is 18.1 Å². The van der Waals surface area contributed by atoms with E-state index in [1.807, 2.05) is 26.0 Å². The maximum atomic E-state index is 12.6. The van der Waals surface area contributed by atoms with E-state index in [0.29, 0.717) is 24.5 Å². The van der Waals surface area contributed by atoms with E-state index >= 15 is 0 Å². The molecule has 1 atom stereocenters. The summed E-state index contributed by atoms with van der Waals surface area (Å²) in [4.78, 5) is 12.6. The highest BCUT2D eigenvalue weighted by Gasteiger charge is 2.17. The SMILES string of the molecule is CCCCC(CN)NC(=O)c1ccccc1OCc1c(C)noc1C. The molecule has 0 bridgehead atoms. The van der Waals surface area contributed by atoms with Crippen molar-refractivity contribution in [3.05, 3.63) is 46.8 Å². The van der Waals surface area contributed by atoms with Gasteiger partial charge in [0.25, 0.3) is 5.91 Å². The number of para-hydroxylation sites is 1. The largest absolute Gasteiger partial charge is 0.488 e. The number of carbonyl (C=O) groups is 1. The van der Waals surface area contributed by atoms with Crippen LogP contribution in [0, 0.1) is 13.8 Å². The van der Waals surface area contributed by atoms with Gasteiger partial charge in [-0.3, -0.25) is 4.79 Å². The lowest BCUT2D eigenvalue weighted by Crippen LogP contribution is -2.40. The van der Waals surface area contributed by atoms with Crippen molar-refractivity contribution in [2.45, 2.75) is 52.7 Å². The van der Waals surface area contributed by atoms with Crippen molar-refractivity contribution < 1.29 is 14.1 Å². The summed E-state index contributed by atoms with van der Waals surface area (Å²) in [5.41, 5.74) is 7.97.